The lowest BCUT2D eigenvalue weighted by molar-refractivity contribution is -0.141. The van der Waals surface area contributed by atoms with Gasteiger partial charge in [0.1, 0.15) is 0 Å². The molecule has 0 amide bonds. The molecule has 0 saturated heterocycles. The van der Waals surface area contributed by atoms with Crippen LogP contribution in [0.15, 0.2) is 0 Å². The summed E-state index contributed by atoms with van der Waals surface area (Å²) in [4.78, 5) is 14.6. The van der Waals surface area contributed by atoms with Crippen molar-refractivity contribution in [1.29, 1.82) is 5.41 Å². The molecule has 0 radical (unpaired) electrons. The zero-order valence-electron chi connectivity index (χ0n) is 9.63. The number of esters is 1. The Hall–Kier alpha value is -1.30. The second kappa shape index (κ2) is 12.7. The molecule has 0 aromatic carbocycles. The summed E-state index contributed by atoms with van der Waals surface area (Å²) in [6.45, 7) is 6.38. The Bertz CT molecular complexity index is 174. The summed E-state index contributed by atoms with van der Waals surface area (Å²) < 4.78 is 4.64. The van der Waals surface area contributed by atoms with Gasteiger partial charge in [-0.1, -0.05) is 13.3 Å². The van der Waals surface area contributed by atoms with Crippen LogP contribution < -0.4 is 11.2 Å². The minimum Gasteiger partial charge on any atom is -0.466 e. The van der Waals surface area contributed by atoms with Crippen LogP contribution in [0.25, 0.3) is 0 Å². The van der Waals surface area contributed by atoms with E-state index < -0.39 is 0 Å². The maximum atomic E-state index is 10.1. The van der Waals surface area contributed by atoms with E-state index in [1.54, 1.807) is 6.92 Å². The molecule has 0 aromatic rings. The van der Waals surface area contributed by atoms with Gasteiger partial charge in [-0.15, -0.1) is 0 Å². The van der Waals surface area contributed by atoms with E-state index in [4.69, 9.17) is 11.1 Å². The summed E-state index contributed by atoms with van der Waals surface area (Å²) in [5.41, 5.74) is 6.98. The van der Waals surface area contributed by atoms with Gasteiger partial charge in [0.05, 0.1) is 13.2 Å². The molecule has 0 bridgehead atoms. The first kappa shape index (κ1) is 16.1. The van der Waals surface area contributed by atoms with Crippen molar-refractivity contribution in [2.75, 3.05) is 13.2 Å². The molecule has 0 spiro atoms. The predicted molar refractivity (Wildman–Crippen MR) is 58.2 cm³/mol. The molecule has 4 N–H and O–H groups in total. The summed E-state index contributed by atoms with van der Waals surface area (Å²) in [5, 5.41) is 6.54. The normalized spacial score (nSPS) is 8.47. The number of carbonyl (C=O) groups is 1. The summed E-state index contributed by atoms with van der Waals surface area (Å²) in [7, 11) is 0. The Labute approximate surface area is 90.6 Å². The van der Waals surface area contributed by atoms with Crippen LogP contribution in [0.1, 0.15) is 33.6 Å². The van der Waals surface area contributed by atoms with Crippen LogP contribution in [0.5, 0.6) is 0 Å². The summed E-state index contributed by atoms with van der Waals surface area (Å²) >= 11 is 0. The molecular formula is C9H21N3O3. The fourth-order valence-electron chi connectivity index (χ4n) is 0.510. The van der Waals surface area contributed by atoms with Crippen molar-refractivity contribution in [3.05, 3.63) is 0 Å². The Morgan fingerprint density at radius 1 is 1.47 bits per heavy atom. The third-order valence-electron chi connectivity index (χ3n) is 1.13. The zero-order valence-corrected chi connectivity index (χ0v) is 9.63. The van der Waals surface area contributed by atoms with E-state index >= 15 is 0 Å². The van der Waals surface area contributed by atoms with Gasteiger partial charge >= 0.3 is 5.97 Å². The number of rotatable bonds is 5. The maximum absolute atomic E-state index is 10.1. The predicted octanol–water partition coefficient (Wildman–Crippen LogP) is 0.771. The third-order valence-corrected chi connectivity index (χ3v) is 1.13. The van der Waals surface area contributed by atoms with Gasteiger partial charge in [0.2, 0.25) is 5.96 Å². The molecule has 0 atom stereocenters. The molecule has 0 aliphatic rings. The van der Waals surface area contributed by atoms with Crippen LogP contribution in [-0.4, -0.2) is 25.1 Å². The maximum Gasteiger partial charge on any atom is 0.302 e. The third kappa shape index (κ3) is 24.5. The lowest BCUT2D eigenvalue weighted by Crippen LogP contribution is -2.30. The molecule has 0 aliphatic heterocycles. The lowest BCUT2D eigenvalue weighted by atomic mass is 10.4. The Morgan fingerprint density at radius 2 is 2.07 bits per heavy atom. The van der Waals surface area contributed by atoms with Crippen molar-refractivity contribution in [2.24, 2.45) is 5.73 Å². The second-order valence-corrected chi connectivity index (χ2v) is 2.64. The van der Waals surface area contributed by atoms with Gasteiger partial charge in [0.25, 0.3) is 0 Å². The van der Waals surface area contributed by atoms with Gasteiger partial charge in [-0.25, -0.2) is 5.48 Å². The number of ether oxygens (including phenoxy) is 1. The molecule has 0 unspecified atom stereocenters. The average Bonchev–Trinajstić information content (AvgIpc) is 2.15. The van der Waals surface area contributed by atoms with Crippen LogP contribution in [0, 0.1) is 5.41 Å². The molecule has 0 aliphatic carbocycles. The fourth-order valence-corrected chi connectivity index (χ4v) is 0.510. The highest BCUT2D eigenvalue weighted by Crippen LogP contribution is 1.86. The fraction of sp³-hybridized carbons (Fsp3) is 0.778. The summed E-state index contributed by atoms with van der Waals surface area (Å²) in [6, 6.07) is 0. The molecular weight excluding hydrogens is 198 g/mol. The molecule has 0 saturated carbocycles. The number of hydroxylamine groups is 1. The number of nitrogens with two attached hydrogens (primary N) is 1. The van der Waals surface area contributed by atoms with Gasteiger partial charge in [-0.3, -0.25) is 15.0 Å². The molecule has 0 aromatic heterocycles. The van der Waals surface area contributed by atoms with Crippen LogP contribution in [-0.2, 0) is 14.4 Å². The monoisotopic (exact) mass is 219 g/mol. The van der Waals surface area contributed by atoms with Gasteiger partial charge in [0, 0.05) is 6.92 Å². The zero-order chi connectivity index (χ0) is 12.1. The minimum absolute atomic E-state index is 0.165. The molecule has 15 heavy (non-hydrogen) atoms. The first-order chi connectivity index (χ1) is 7.04. The van der Waals surface area contributed by atoms with Crippen molar-refractivity contribution in [3.63, 3.8) is 0 Å². The number of guanidine groups is 1. The van der Waals surface area contributed by atoms with E-state index in [0.29, 0.717) is 13.2 Å². The summed E-state index contributed by atoms with van der Waals surface area (Å²) in [6.07, 6.45) is 2.05. The van der Waals surface area contributed by atoms with E-state index in [2.05, 4.69) is 22.0 Å². The SMILES string of the molecule is CCCCOC(C)=O.CCONC(=N)N. The lowest BCUT2D eigenvalue weighted by Gasteiger charge is -1.97. The number of unbranched alkanes of at least 4 members (excludes halogenated alkanes) is 1. The molecule has 0 fully saturated rings. The van der Waals surface area contributed by atoms with Gasteiger partial charge in [0.15, 0.2) is 0 Å². The van der Waals surface area contributed by atoms with Crippen molar-refractivity contribution in [1.82, 2.24) is 5.48 Å². The highest BCUT2D eigenvalue weighted by atomic mass is 16.6. The quantitative estimate of drug-likeness (QED) is 0.208. The number of carbonyl (C=O) groups excluding carboxylic acids is 1. The average molecular weight is 219 g/mol. The first-order valence-corrected chi connectivity index (χ1v) is 4.89. The molecule has 90 valence electrons. The van der Waals surface area contributed by atoms with Gasteiger partial charge < -0.3 is 10.5 Å². The first-order valence-electron chi connectivity index (χ1n) is 4.89. The molecule has 6 nitrogen and oxygen atoms in total. The Balaban J connectivity index is 0. The highest BCUT2D eigenvalue weighted by molar-refractivity contribution is 5.72. The van der Waals surface area contributed by atoms with E-state index in [-0.39, 0.29) is 11.9 Å². The number of hydrogen-bond acceptors (Lipinski definition) is 4. The molecule has 6 heteroatoms. The van der Waals surface area contributed by atoms with Crippen LogP contribution in [0.2, 0.25) is 0 Å². The standard InChI is InChI=1S/C6H12O2.C3H9N3O/c1-3-4-5-8-6(2)7;1-2-7-6-3(4)5/h3-5H2,1-2H3;2H2,1H3,(H4,4,5,6). The van der Waals surface area contributed by atoms with Crippen molar-refractivity contribution < 1.29 is 14.4 Å². The van der Waals surface area contributed by atoms with Crippen molar-refractivity contribution >= 4 is 11.9 Å². The van der Waals surface area contributed by atoms with Gasteiger partial charge in [-0.05, 0) is 13.3 Å². The van der Waals surface area contributed by atoms with Crippen LogP contribution in [0.3, 0.4) is 0 Å². The van der Waals surface area contributed by atoms with E-state index in [0.717, 1.165) is 12.8 Å². The van der Waals surface area contributed by atoms with Crippen molar-refractivity contribution in [2.45, 2.75) is 33.6 Å². The van der Waals surface area contributed by atoms with Gasteiger partial charge in [-0.2, -0.15) is 0 Å². The molecule has 0 heterocycles. The van der Waals surface area contributed by atoms with E-state index in [9.17, 15) is 4.79 Å². The largest absolute Gasteiger partial charge is 0.466 e. The Kier molecular flexibility index (Phi) is 13.7. The smallest absolute Gasteiger partial charge is 0.302 e. The summed E-state index contributed by atoms with van der Waals surface area (Å²) in [5.74, 6) is -0.347. The number of hydrogen-bond donors (Lipinski definition) is 3. The van der Waals surface area contributed by atoms with Crippen LogP contribution in [0.4, 0.5) is 0 Å². The molecule has 0 rings (SSSR count). The van der Waals surface area contributed by atoms with E-state index in [1.807, 2.05) is 0 Å². The van der Waals surface area contributed by atoms with Crippen LogP contribution >= 0.6 is 0 Å². The van der Waals surface area contributed by atoms with E-state index in [1.165, 1.54) is 6.92 Å². The Morgan fingerprint density at radius 3 is 2.33 bits per heavy atom. The van der Waals surface area contributed by atoms with Crippen molar-refractivity contribution in [3.8, 4) is 0 Å². The second-order valence-electron chi connectivity index (χ2n) is 2.64. The highest BCUT2D eigenvalue weighted by Gasteiger charge is 1.88. The minimum atomic E-state index is -0.182. The number of nitrogens with one attached hydrogen (secondary N) is 2. The topological polar surface area (TPSA) is 97.4 Å².